The molecule has 0 bridgehead atoms. The molecule has 0 N–H and O–H groups in total. The summed E-state index contributed by atoms with van der Waals surface area (Å²) >= 11 is 0. The van der Waals surface area contributed by atoms with Crippen molar-refractivity contribution in [2.45, 2.75) is 44.9 Å². The lowest BCUT2D eigenvalue weighted by molar-refractivity contribution is 0.0249. The average molecular weight is 262 g/mol. The van der Waals surface area contributed by atoms with Crippen molar-refractivity contribution < 1.29 is 14.2 Å². The molecule has 0 heterocycles. The second kappa shape index (κ2) is 11.2. The standard InChI is InChI=1S/C13H30O3Si/c1-5-17(4,6-2)13-7-8-15-11-12-16-10-9-14-3/h5-13H2,1-4H3. The van der Waals surface area contributed by atoms with E-state index in [-0.39, 0.29) is 0 Å². The summed E-state index contributed by atoms with van der Waals surface area (Å²) in [5.41, 5.74) is 0. The van der Waals surface area contributed by atoms with Gasteiger partial charge in [-0.05, 0) is 6.42 Å². The molecule has 0 aromatic rings. The number of methoxy groups -OCH3 is 1. The van der Waals surface area contributed by atoms with Gasteiger partial charge in [0, 0.05) is 21.8 Å². The molecule has 104 valence electrons. The highest BCUT2D eigenvalue weighted by Crippen LogP contribution is 2.21. The quantitative estimate of drug-likeness (QED) is 0.399. The summed E-state index contributed by atoms with van der Waals surface area (Å²) in [5.74, 6) is 0. The van der Waals surface area contributed by atoms with Crippen LogP contribution in [0, 0.1) is 0 Å². The van der Waals surface area contributed by atoms with E-state index in [0.717, 1.165) is 6.61 Å². The van der Waals surface area contributed by atoms with Gasteiger partial charge < -0.3 is 14.2 Å². The molecule has 0 aliphatic heterocycles. The molecule has 0 saturated heterocycles. The minimum absolute atomic E-state index is 0.663. The fraction of sp³-hybridized carbons (Fsp3) is 1.00. The lowest BCUT2D eigenvalue weighted by Crippen LogP contribution is -2.27. The molecule has 0 saturated carbocycles. The summed E-state index contributed by atoms with van der Waals surface area (Å²) in [6.07, 6.45) is 1.21. The van der Waals surface area contributed by atoms with Gasteiger partial charge in [0.05, 0.1) is 26.4 Å². The van der Waals surface area contributed by atoms with Crippen molar-refractivity contribution in [3.63, 3.8) is 0 Å². The Hall–Kier alpha value is 0.0969. The molecule has 17 heavy (non-hydrogen) atoms. The van der Waals surface area contributed by atoms with Crippen LogP contribution in [0.15, 0.2) is 0 Å². The maximum Gasteiger partial charge on any atom is 0.0701 e. The van der Waals surface area contributed by atoms with Crippen molar-refractivity contribution in [2.75, 3.05) is 40.1 Å². The Labute approximate surface area is 108 Å². The zero-order valence-corrected chi connectivity index (χ0v) is 13.1. The fourth-order valence-electron chi connectivity index (χ4n) is 1.67. The number of ether oxygens (including phenoxy) is 3. The third-order valence-electron chi connectivity index (χ3n) is 3.58. The van der Waals surface area contributed by atoms with Gasteiger partial charge in [0.25, 0.3) is 0 Å². The SMILES string of the molecule is CC[Si](C)(CC)CCCOCCOCCOC. The van der Waals surface area contributed by atoms with Crippen molar-refractivity contribution in [3.8, 4) is 0 Å². The maximum absolute atomic E-state index is 5.55. The van der Waals surface area contributed by atoms with Crippen LogP contribution in [0.5, 0.6) is 0 Å². The Balaban J connectivity index is 3.23. The van der Waals surface area contributed by atoms with Crippen molar-refractivity contribution in [3.05, 3.63) is 0 Å². The summed E-state index contributed by atoms with van der Waals surface area (Å²) < 4.78 is 15.8. The molecule has 0 fully saturated rings. The van der Waals surface area contributed by atoms with Gasteiger partial charge in [-0.25, -0.2) is 0 Å². The van der Waals surface area contributed by atoms with Gasteiger partial charge in [-0.1, -0.05) is 38.5 Å². The van der Waals surface area contributed by atoms with E-state index in [2.05, 4.69) is 20.4 Å². The van der Waals surface area contributed by atoms with E-state index in [1.54, 1.807) is 7.11 Å². The van der Waals surface area contributed by atoms with Gasteiger partial charge in [-0.3, -0.25) is 0 Å². The van der Waals surface area contributed by atoms with Crippen molar-refractivity contribution in [2.24, 2.45) is 0 Å². The molecule has 0 rings (SSSR count). The topological polar surface area (TPSA) is 27.7 Å². The number of hydrogen-bond acceptors (Lipinski definition) is 3. The van der Waals surface area contributed by atoms with Crippen LogP contribution in [0.3, 0.4) is 0 Å². The smallest absolute Gasteiger partial charge is 0.0701 e. The van der Waals surface area contributed by atoms with Crippen LogP contribution in [0.4, 0.5) is 0 Å². The summed E-state index contributed by atoms with van der Waals surface area (Å²) in [5, 5.41) is 0. The van der Waals surface area contributed by atoms with E-state index in [9.17, 15) is 0 Å². The molecule has 0 aromatic carbocycles. The first kappa shape index (κ1) is 17.1. The number of rotatable bonds is 12. The Bertz CT molecular complexity index is 161. The molecule has 0 aliphatic carbocycles. The molecule has 0 aromatic heterocycles. The largest absolute Gasteiger partial charge is 0.382 e. The van der Waals surface area contributed by atoms with Crippen LogP contribution in [0.1, 0.15) is 20.3 Å². The fourth-order valence-corrected chi connectivity index (χ4v) is 3.87. The third kappa shape index (κ3) is 9.77. The van der Waals surface area contributed by atoms with Gasteiger partial charge in [0.1, 0.15) is 0 Å². The van der Waals surface area contributed by atoms with Gasteiger partial charge in [0.15, 0.2) is 0 Å². The van der Waals surface area contributed by atoms with E-state index in [1.807, 2.05) is 0 Å². The highest BCUT2D eigenvalue weighted by atomic mass is 28.3. The van der Waals surface area contributed by atoms with Crippen LogP contribution in [0.2, 0.25) is 24.7 Å². The molecule has 3 nitrogen and oxygen atoms in total. The predicted molar refractivity (Wildman–Crippen MR) is 75.5 cm³/mol. The highest BCUT2D eigenvalue weighted by Gasteiger charge is 2.21. The monoisotopic (exact) mass is 262 g/mol. The highest BCUT2D eigenvalue weighted by molar-refractivity contribution is 6.78. The lowest BCUT2D eigenvalue weighted by Gasteiger charge is -2.23. The number of hydrogen-bond donors (Lipinski definition) is 0. The Morgan fingerprint density at radius 2 is 1.35 bits per heavy atom. The summed E-state index contributed by atoms with van der Waals surface area (Å²) in [6.45, 7) is 10.8. The van der Waals surface area contributed by atoms with E-state index in [0.29, 0.717) is 26.4 Å². The molecule has 0 amide bonds. The Morgan fingerprint density at radius 3 is 1.88 bits per heavy atom. The molecular formula is C13H30O3Si. The summed E-state index contributed by atoms with van der Waals surface area (Å²) in [4.78, 5) is 0. The molecule has 0 radical (unpaired) electrons. The molecule has 0 unspecified atom stereocenters. The Morgan fingerprint density at radius 1 is 0.824 bits per heavy atom. The van der Waals surface area contributed by atoms with Crippen LogP contribution >= 0.6 is 0 Å². The van der Waals surface area contributed by atoms with E-state index < -0.39 is 8.07 Å². The minimum atomic E-state index is -0.911. The normalized spacial score (nSPS) is 12.0. The minimum Gasteiger partial charge on any atom is -0.382 e. The van der Waals surface area contributed by atoms with Crippen molar-refractivity contribution in [1.82, 2.24) is 0 Å². The zero-order valence-electron chi connectivity index (χ0n) is 12.1. The summed E-state index contributed by atoms with van der Waals surface area (Å²) in [6, 6.07) is 4.18. The second-order valence-electron chi connectivity index (χ2n) is 4.84. The van der Waals surface area contributed by atoms with Crippen LogP contribution < -0.4 is 0 Å². The molecule has 0 spiro atoms. The predicted octanol–water partition coefficient (Wildman–Crippen LogP) is 3.17. The molecule has 4 heteroatoms. The second-order valence-corrected chi connectivity index (χ2v) is 10.4. The molecule has 0 aliphatic rings. The van der Waals surface area contributed by atoms with E-state index in [4.69, 9.17) is 14.2 Å². The van der Waals surface area contributed by atoms with Gasteiger partial charge in [0.2, 0.25) is 0 Å². The maximum atomic E-state index is 5.55. The average Bonchev–Trinajstić information content (AvgIpc) is 2.36. The van der Waals surface area contributed by atoms with Gasteiger partial charge >= 0.3 is 0 Å². The van der Waals surface area contributed by atoms with Crippen LogP contribution in [-0.4, -0.2) is 48.2 Å². The zero-order chi connectivity index (χ0) is 13.0. The van der Waals surface area contributed by atoms with Crippen LogP contribution in [0.25, 0.3) is 0 Å². The first-order valence-electron chi connectivity index (χ1n) is 6.83. The van der Waals surface area contributed by atoms with Gasteiger partial charge in [-0.2, -0.15) is 0 Å². The summed E-state index contributed by atoms with van der Waals surface area (Å²) in [7, 11) is 0.772. The van der Waals surface area contributed by atoms with Crippen molar-refractivity contribution >= 4 is 8.07 Å². The van der Waals surface area contributed by atoms with E-state index >= 15 is 0 Å². The van der Waals surface area contributed by atoms with Crippen molar-refractivity contribution in [1.29, 1.82) is 0 Å². The Kier molecular flexibility index (Phi) is 11.3. The van der Waals surface area contributed by atoms with Crippen LogP contribution in [-0.2, 0) is 14.2 Å². The lowest BCUT2D eigenvalue weighted by atomic mass is 10.5. The third-order valence-corrected chi connectivity index (χ3v) is 8.55. The van der Waals surface area contributed by atoms with E-state index in [1.165, 1.54) is 24.6 Å². The van der Waals surface area contributed by atoms with Gasteiger partial charge in [-0.15, -0.1) is 0 Å². The molecular weight excluding hydrogens is 232 g/mol. The first-order valence-corrected chi connectivity index (χ1v) is 9.95. The first-order chi connectivity index (χ1) is 8.18. The molecule has 0 atom stereocenters.